The van der Waals surface area contributed by atoms with E-state index in [2.05, 4.69) is 10.5 Å². The molecule has 2 aromatic rings. The lowest BCUT2D eigenvalue weighted by molar-refractivity contribution is -0.133. The van der Waals surface area contributed by atoms with Gasteiger partial charge in [-0.2, -0.15) is 0 Å². The van der Waals surface area contributed by atoms with Crippen molar-refractivity contribution in [3.63, 3.8) is 0 Å². The van der Waals surface area contributed by atoms with Crippen LogP contribution in [0.25, 0.3) is 0 Å². The Hall–Kier alpha value is -1.93. The Bertz CT molecular complexity index is 726. The van der Waals surface area contributed by atoms with Crippen molar-refractivity contribution < 1.29 is 19.2 Å². The first kappa shape index (κ1) is 19.4. The number of aliphatic carboxylic acids is 1. The number of carbonyl (C=O) groups is 2. The third-order valence-corrected chi connectivity index (χ3v) is 5.31. The first-order valence-corrected chi connectivity index (χ1v) is 9.94. The van der Waals surface area contributed by atoms with Gasteiger partial charge in [0.15, 0.2) is 0 Å². The monoisotopic (exact) mass is 380 g/mol. The van der Waals surface area contributed by atoms with Crippen LogP contribution in [0, 0.1) is 13.8 Å². The summed E-state index contributed by atoms with van der Waals surface area (Å²) in [4.78, 5) is 22.6. The average molecular weight is 380 g/mol. The van der Waals surface area contributed by atoms with Crippen LogP contribution in [0.3, 0.4) is 0 Å². The van der Waals surface area contributed by atoms with Gasteiger partial charge in [-0.3, -0.25) is 9.59 Å². The smallest absolute Gasteiger partial charge is 0.313 e. The molecule has 0 radical (unpaired) electrons. The minimum atomic E-state index is -0.829. The summed E-state index contributed by atoms with van der Waals surface area (Å²) in [6.45, 7) is 3.75. The number of benzene rings is 1. The van der Waals surface area contributed by atoms with Gasteiger partial charge < -0.3 is 14.9 Å². The zero-order chi connectivity index (χ0) is 18.2. The second kappa shape index (κ2) is 9.53. The summed E-state index contributed by atoms with van der Waals surface area (Å²) < 4.78 is 5.11. The topological polar surface area (TPSA) is 92.4 Å². The third-order valence-electron chi connectivity index (χ3n) is 3.37. The Balaban J connectivity index is 1.79. The molecule has 6 nitrogen and oxygen atoms in total. The SMILES string of the molecule is Cc1noc(C)c1CSCC(=O)Nc1cccc(CSCC(=O)O)c1. The number of carboxylic acid groups (broad SMARTS) is 1. The molecule has 0 unspecified atom stereocenters. The van der Waals surface area contributed by atoms with E-state index in [1.807, 2.05) is 38.1 Å². The standard InChI is InChI=1S/C17H20N2O4S2/c1-11-15(12(2)23-19-11)8-25-9-16(20)18-14-5-3-4-13(6-14)7-24-10-17(21)22/h3-6H,7-10H2,1-2H3,(H,18,20)(H,21,22). The Morgan fingerprint density at radius 3 is 2.64 bits per heavy atom. The predicted octanol–water partition coefficient (Wildman–Crippen LogP) is 3.48. The van der Waals surface area contributed by atoms with Crippen LogP contribution >= 0.6 is 23.5 Å². The maximum atomic E-state index is 12.1. The molecule has 1 aromatic heterocycles. The van der Waals surface area contributed by atoms with E-state index in [1.54, 1.807) is 0 Å². The van der Waals surface area contributed by atoms with Gasteiger partial charge in [0.1, 0.15) is 5.76 Å². The Morgan fingerprint density at radius 2 is 1.96 bits per heavy atom. The molecule has 134 valence electrons. The molecule has 0 bridgehead atoms. The summed E-state index contributed by atoms with van der Waals surface area (Å²) in [5.41, 5.74) is 3.59. The average Bonchev–Trinajstić information content (AvgIpc) is 2.87. The summed E-state index contributed by atoms with van der Waals surface area (Å²) in [7, 11) is 0. The van der Waals surface area contributed by atoms with E-state index < -0.39 is 5.97 Å². The molecule has 8 heteroatoms. The van der Waals surface area contributed by atoms with Crippen molar-refractivity contribution in [2.75, 3.05) is 16.8 Å². The molecular formula is C17H20N2O4S2. The number of hydrogen-bond donors (Lipinski definition) is 2. The van der Waals surface area contributed by atoms with Crippen molar-refractivity contribution in [3.05, 3.63) is 46.8 Å². The van der Waals surface area contributed by atoms with E-state index in [4.69, 9.17) is 9.63 Å². The van der Waals surface area contributed by atoms with Gasteiger partial charge in [-0.1, -0.05) is 17.3 Å². The normalized spacial score (nSPS) is 10.6. The van der Waals surface area contributed by atoms with Gasteiger partial charge in [0, 0.05) is 22.8 Å². The van der Waals surface area contributed by atoms with Crippen LogP contribution in [0.5, 0.6) is 0 Å². The zero-order valence-corrected chi connectivity index (χ0v) is 15.7. The first-order chi connectivity index (χ1) is 12.0. The van der Waals surface area contributed by atoms with Crippen molar-refractivity contribution in [1.29, 1.82) is 0 Å². The van der Waals surface area contributed by atoms with Gasteiger partial charge in [0.2, 0.25) is 5.91 Å². The highest BCUT2D eigenvalue weighted by Gasteiger charge is 2.10. The number of aryl methyl sites for hydroxylation is 2. The molecule has 1 aromatic carbocycles. The van der Waals surface area contributed by atoms with Crippen molar-refractivity contribution in [3.8, 4) is 0 Å². The zero-order valence-electron chi connectivity index (χ0n) is 14.1. The number of thioether (sulfide) groups is 2. The van der Waals surface area contributed by atoms with Gasteiger partial charge in [-0.15, -0.1) is 23.5 Å². The van der Waals surface area contributed by atoms with Gasteiger partial charge >= 0.3 is 5.97 Å². The number of nitrogens with zero attached hydrogens (tertiary/aromatic N) is 1. The largest absolute Gasteiger partial charge is 0.481 e. The summed E-state index contributed by atoms with van der Waals surface area (Å²) >= 11 is 2.83. The second-order valence-electron chi connectivity index (χ2n) is 5.43. The Kier molecular flexibility index (Phi) is 7.39. The highest BCUT2D eigenvalue weighted by Crippen LogP contribution is 2.20. The molecule has 2 N–H and O–H groups in total. The van der Waals surface area contributed by atoms with E-state index in [-0.39, 0.29) is 11.7 Å². The molecule has 0 aliphatic rings. The summed E-state index contributed by atoms with van der Waals surface area (Å²) in [6.07, 6.45) is 0. The van der Waals surface area contributed by atoms with Crippen molar-refractivity contribution in [1.82, 2.24) is 5.16 Å². The number of amides is 1. The molecule has 1 amide bonds. The van der Waals surface area contributed by atoms with Crippen LogP contribution in [0.1, 0.15) is 22.6 Å². The van der Waals surface area contributed by atoms with Crippen molar-refractivity contribution in [2.24, 2.45) is 0 Å². The molecule has 0 saturated heterocycles. The maximum absolute atomic E-state index is 12.1. The molecule has 0 spiro atoms. The lowest BCUT2D eigenvalue weighted by Crippen LogP contribution is -2.14. The lowest BCUT2D eigenvalue weighted by Gasteiger charge is -2.07. The van der Waals surface area contributed by atoms with Gasteiger partial charge in [-0.05, 0) is 31.5 Å². The van der Waals surface area contributed by atoms with Crippen LogP contribution in [0.2, 0.25) is 0 Å². The number of hydrogen-bond acceptors (Lipinski definition) is 6. The minimum absolute atomic E-state index is 0.0644. The third kappa shape index (κ3) is 6.47. The van der Waals surface area contributed by atoms with E-state index in [1.165, 1.54) is 23.5 Å². The van der Waals surface area contributed by atoms with Crippen LogP contribution in [0.15, 0.2) is 28.8 Å². The number of rotatable bonds is 9. The number of aromatic nitrogens is 1. The summed E-state index contributed by atoms with van der Waals surface area (Å²) in [5, 5.41) is 15.4. The van der Waals surface area contributed by atoms with Crippen molar-refractivity contribution in [2.45, 2.75) is 25.4 Å². The molecular weight excluding hydrogens is 360 g/mol. The van der Waals surface area contributed by atoms with E-state index >= 15 is 0 Å². The quantitative estimate of drug-likeness (QED) is 0.688. The summed E-state index contributed by atoms with van der Waals surface area (Å²) in [5.74, 6) is 1.56. The highest BCUT2D eigenvalue weighted by molar-refractivity contribution is 7.99. The molecule has 0 aliphatic carbocycles. The van der Waals surface area contributed by atoms with Crippen LogP contribution in [-0.4, -0.2) is 33.6 Å². The number of nitrogens with one attached hydrogen (secondary N) is 1. The molecule has 0 fully saturated rings. The second-order valence-corrected chi connectivity index (χ2v) is 7.40. The van der Waals surface area contributed by atoms with Crippen LogP contribution in [-0.2, 0) is 21.1 Å². The Labute approximate surface area is 154 Å². The van der Waals surface area contributed by atoms with E-state index in [0.29, 0.717) is 17.3 Å². The van der Waals surface area contributed by atoms with Crippen molar-refractivity contribution >= 4 is 41.1 Å². The fourth-order valence-electron chi connectivity index (χ4n) is 2.15. The first-order valence-electron chi connectivity index (χ1n) is 7.63. The summed E-state index contributed by atoms with van der Waals surface area (Å²) in [6, 6.07) is 7.45. The number of anilines is 1. The lowest BCUT2D eigenvalue weighted by atomic mass is 10.2. The fourth-order valence-corrected chi connectivity index (χ4v) is 3.81. The van der Waals surface area contributed by atoms with Crippen LogP contribution in [0.4, 0.5) is 5.69 Å². The number of carboxylic acids is 1. The van der Waals surface area contributed by atoms with Gasteiger partial charge in [-0.25, -0.2) is 0 Å². The fraction of sp³-hybridized carbons (Fsp3) is 0.353. The molecule has 2 rings (SSSR count). The predicted molar refractivity (Wildman–Crippen MR) is 101 cm³/mol. The van der Waals surface area contributed by atoms with E-state index in [0.717, 1.165) is 28.3 Å². The molecule has 0 atom stereocenters. The van der Waals surface area contributed by atoms with Gasteiger partial charge in [0.25, 0.3) is 0 Å². The van der Waals surface area contributed by atoms with E-state index in [9.17, 15) is 9.59 Å². The maximum Gasteiger partial charge on any atom is 0.313 e. The number of carbonyl (C=O) groups excluding carboxylic acids is 1. The molecule has 0 aliphatic heterocycles. The molecule has 0 saturated carbocycles. The highest BCUT2D eigenvalue weighted by atomic mass is 32.2. The van der Waals surface area contributed by atoms with Crippen LogP contribution < -0.4 is 5.32 Å². The molecule has 1 heterocycles. The molecule has 25 heavy (non-hydrogen) atoms. The minimum Gasteiger partial charge on any atom is -0.481 e. The Morgan fingerprint density at radius 1 is 1.20 bits per heavy atom. The van der Waals surface area contributed by atoms with Gasteiger partial charge in [0.05, 0.1) is 17.2 Å².